The number of hydrogen-bond acceptors (Lipinski definition) is 1. The van der Waals surface area contributed by atoms with Gasteiger partial charge in [-0.1, -0.05) is 28.8 Å². The Bertz CT molecular complexity index is 255. The van der Waals surface area contributed by atoms with Crippen molar-refractivity contribution >= 4 is 21.8 Å². The molecule has 0 aromatic carbocycles. The molecule has 0 aliphatic heterocycles. The van der Waals surface area contributed by atoms with Gasteiger partial charge in [-0.05, 0) is 38.5 Å². The summed E-state index contributed by atoms with van der Waals surface area (Å²) in [5.41, 5.74) is 0. The second kappa shape index (κ2) is 5.07. The molecule has 2 atom stereocenters. The molecule has 16 heavy (non-hydrogen) atoms. The maximum Gasteiger partial charge on any atom is 0.226 e. The van der Waals surface area contributed by atoms with Crippen molar-refractivity contribution < 1.29 is 4.79 Å². The highest BCUT2D eigenvalue weighted by Gasteiger charge is 2.55. The van der Waals surface area contributed by atoms with Crippen LogP contribution in [0.2, 0.25) is 0 Å². The number of carbonyl (C=O) groups is 1. The predicted octanol–water partition coefficient (Wildman–Crippen LogP) is 3.05. The fourth-order valence-electron chi connectivity index (χ4n) is 3.26. The quantitative estimate of drug-likeness (QED) is 0.728. The summed E-state index contributed by atoms with van der Waals surface area (Å²) in [6, 6.07) is 0.340. The number of alkyl halides is 1. The summed E-state index contributed by atoms with van der Waals surface area (Å²) in [6.45, 7) is 5.09. The van der Waals surface area contributed by atoms with Crippen molar-refractivity contribution in [3.05, 3.63) is 0 Å². The van der Waals surface area contributed by atoms with E-state index in [0.717, 1.165) is 23.7 Å². The van der Waals surface area contributed by atoms with Crippen LogP contribution in [-0.4, -0.2) is 28.7 Å². The lowest BCUT2D eigenvalue weighted by atomic mass is 10.0. The number of amides is 1. The summed E-state index contributed by atoms with van der Waals surface area (Å²) < 4.78 is 0. The van der Waals surface area contributed by atoms with Crippen molar-refractivity contribution in [2.45, 2.75) is 45.6 Å². The zero-order valence-electron chi connectivity index (χ0n) is 10.3. The van der Waals surface area contributed by atoms with Crippen molar-refractivity contribution in [3.8, 4) is 0 Å². The van der Waals surface area contributed by atoms with Crippen molar-refractivity contribution in [2.24, 2.45) is 17.8 Å². The van der Waals surface area contributed by atoms with Gasteiger partial charge in [-0.2, -0.15) is 0 Å². The van der Waals surface area contributed by atoms with Crippen LogP contribution in [0.15, 0.2) is 0 Å². The van der Waals surface area contributed by atoms with Crippen LogP contribution in [0.4, 0.5) is 0 Å². The monoisotopic (exact) mass is 287 g/mol. The Morgan fingerprint density at radius 3 is 2.31 bits per heavy atom. The zero-order valence-corrected chi connectivity index (χ0v) is 11.9. The minimum atomic E-state index is 0.340. The third-order valence-electron chi connectivity index (χ3n) is 4.17. The molecule has 0 heterocycles. The topological polar surface area (TPSA) is 20.3 Å². The van der Waals surface area contributed by atoms with Crippen LogP contribution in [0.25, 0.3) is 0 Å². The first-order valence-corrected chi connectivity index (χ1v) is 7.65. The highest BCUT2D eigenvalue weighted by Crippen LogP contribution is 2.56. The molecule has 2 fully saturated rings. The van der Waals surface area contributed by atoms with Gasteiger partial charge in [0.1, 0.15) is 0 Å². The van der Waals surface area contributed by atoms with E-state index in [2.05, 4.69) is 34.7 Å². The predicted molar refractivity (Wildman–Crippen MR) is 69.6 cm³/mol. The van der Waals surface area contributed by atoms with Crippen LogP contribution >= 0.6 is 15.9 Å². The van der Waals surface area contributed by atoms with Crippen LogP contribution in [-0.2, 0) is 4.79 Å². The van der Waals surface area contributed by atoms with Gasteiger partial charge >= 0.3 is 0 Å². The molecular formula is C13H22BrNO. The smallest absolute Gasteiger partial charge is 0.226 e. The second-order valence-corrected chi connectivity index (χ2v) is 6.25. The first kappa shape index (κ1) is 12.4. The molecule has 0 bridgehead atoms. The van der Waals surface area contributed by atoms with E-state index in [1.165, 1.54) is 25.7 Å². The van der Waals surface area contributed by atoms with Gasteiger partial charge < -0.3 is 4.90 Å². The van der Waals surface area contributed by atoms with Crippen LogP contribution in [0, 0.1) is 17.8 Å². The maximum absolute atomic E-state index is 12.4. The lowest BCUT2D eigenvalue weighted by molar-refractivity contribution is -0.134. The van der Waals surface area contributed by atoms with Crippen molar-refractivity contribution in [1.82, 2.24) is 4.90 Å². The van der Waals surface area contributed by atoms with Gasteiger partial charge in [0.05, 0.1) is 0 Å². The van der Waals surface area contributed by atoms with E-state index in [-0.39, 0.29) is 0 Å². The summed E-state index contributed by atoms with van der Waals surface area (Å²) >= 11 is 3.44. The molecule has 1 amide bonds. The maximum atomic E-state index is 12.4. The third-order valence-corrected chi connectivity index (χ3v) is 4.53. The first-order valence-electron chi connectivity index (χ1n) is 6.53. The molecule has 3 heteroatoms. The highest BCUT2D eigenvalue weighted by atomic mass is 79.9. The summed E-state index contributed by atoms with van der Waals surface area (Å²) in [5.74, 6) is 2.27. The van der Waals surface area contributed by atoms with Crippen LogP contribution in [0.1, 0.15) is 39.5 Å². The molecule has 0 N–H and O–H groups in total. The first-order chi connectivity index (χ1) is 7.66. The van der Waals surface area contributed by atoms with E-state index in [9.17, 15) is 4.79 Å². The number of nitrogens with zero attached hydrogens (tertiary/aromatic N) is 1. The molecule has 0 radical (unpaired) electrons. The Morgan fingerprint density at radius 1 is 1.31 bits per heavy atom. The molecule has 0 aromatic rings. The SMILES string of the molecule is CC(C)N(CCBr)C(=O)C1C2CCCCC21. The molecule has 2 unspecified atom stereocenters. The van der Waals surface area contributed by atoms with Crippen molar-refractivity contribution in [3.63, 3.8) is 0 Å². The molecule has 2 rings (SSSR count). The van der Waals surface area contributed by atoms with E-state index < -0.39 is 0 Å². The van der Waals surface area contributed by atoms with Crippen molar-refractivity contribution in [2.75, 3.05) is 11.9 Å². The van der Waals surface area contributed by atoms with E-state index in [1.54, 1.807) is 0 Å². The minimum Gasteiger partial charge on any atom is -0.339 e. The number of hydrogen-bond donors (Lipinski definition) is 0. The normalized spacial score (nSPS) is 32.4. The van der Waals surface area contributed by atoms with Crippen LogP contribution in [0.3, 0.4) is 0 Å². The zero-order chi connectivity index (χ0) is 11.7. The summed E-state index contributed by atoms with van der Waals surface area (Å²) in [5, 5.41) is 0.888. The van der Waals surface area contributed by atoms with E-state index in [1.807, 2.05) is 0 Å². The number of carbonyl (C=O) groups excluding carboxylic acids is 1. The summed E-state index contributed by atoms with van der Waals surface area (Å²) in [4.78, 5) is 14.5. The Hall–Kier alpha value is -0.0500. The Kier molecular flexibility index (Phi) is 3.93. The van der Waals surface area contributed by atoms with Gasteiger partial charge in [0.15, 0.2) is 0 Å². The Labute approximate surface area is 107 Å². The van der Waals surface area contributed by atoms with Gasteiger partial charge in [-0.3, -0.25) is 4.79 Å². The van der Waals surface area contributed by atoms with Crippen LogP contribution < -0.4 is 0 Å². The van der Waals surface area contributed by atoms with Gasteiger partial charge in [-0.15, -0.1) is 0 Å². The standard InChI is InChI=1S/C13H22BrNO/c1-9(2)15(8-7-14)13(16)12-10-5-3-4-6-11(10)12/h9-12H,3-8H2,1-2H3. The van der Waals surface area contributed by atoms with Gasteiger partial charge in [0.25, 0.3) is 0 Å². The van der Waals surface area contributed by atoms with Crippen molar-refractivity contribution in [1.29, 1.82) is 0 Å². The molecule has 92 valence electrons. The fraction of sp³-hybridized carbons (Fsp3) is 0.923. The van der Waals surface area contributed by atoms with Gasteiger partial charge in [0.2, 0.25) is 5.91 Å². The lowest BCUT2D eigenvalue weighted by Gasteiger charge is -2.26. The molecule has 2 saturated carbocycles. The number of halogens is 1. The van der Waals surface area contributed by atoms with Gasteiger partial charge in [-0.25, -0.2) is 0 Å². The molecule has 0 spiro atoms. The highest BCUT2D eigenvalue weighted by molar-refractivity contribution is 9.09. The lowest BCUT2D eigenvalue weighted by Crippen LogP contribution is -2.39. The largest absolute Gasteiger partial charge is 0.339 e. The number of rotatable bonds is 4. The van der Waals surface area contributed by atoms with Crippen LogP contribution in [0.5, 0.6) is 0 Å². The minimum absolute atomic E-state index is 0.340. The summed E-state index contributed by atoms with van der Waals surface area (Å²) in [6.07, 6.45) is 5.26. The second-order valence-electron chi connectivity index (χ2n) is 5.45. The Balaban J connectivity index is 1.96. The van der Waals surface area contributed by atoms with E-state index >= 15 is 0 Å². The third kappa shape index (κ3) is 2.29. The van der Waals surface area contributed by atoms with E-state index in [4.69, 9.17) is 0 Å². The molecule has 0 aromatic heterocycles. The molecule has 2 nitrogen and oxygen atoms in total. The summed E-state index contributed by atoms with van der Waals surface area (Å²) in [7, 11) is 0. The fourth-order valence-corrected chi connectivity index (χ4v) is 3.65. The van der Waals surface area contributed by atoms with Gasteiger partial charge in [0, 0.05) is 23.8 Å². The Morgan fingerprint density at radius 2 is 1.88 bits per heavy atom. The molecular weight excluding hydrogens is 266 g/mol. The average molecular weight is 288 g/mol. The molecule has 2 aliphatic carbocycles. The van der Waals surface area contributed by atoms with E-state index in [0.29, 0.717) is 17.9 Å². The molecule has 2 aliphatic rings. The number of fused-ring (bicyclic) bond motifs is 1. The molecule has 0 saturated heterocycles. The average Bonchev–Trinajstić information content (AvgIpc) is 2.98.